The molecule has 2 bridgehead atoms. The van der Waals surface area contributed by atoms with Crippen LogP contribution in [0.1, 0.15) is 35.3 Å². The van der Waals surface area contributed by atoms with Gasteiger partial charge in [-0.15, -0.1) is 0 Å². The zero-order valence-electron chi connectivity index (χ0n) is 11.1. The highest BCUT2D eigenvalue weighted by atomic mass is 32.2. The van der Waals surface area contributed by atoms with Crippen molar-refractivity contribution in [3.05, 3.63) is 11.3 Å². The highest BCUT2D eigenvalue weighted by Gasteiger charge is 2.44. The van der Waals surface area contributed by atoms with Crippen molar-refractivity contribution in [3.63, 3.8) is 0 Å². The van der Waals surface area contributed by atoms with Crippen LogP contribution in [0.15, 0.2) is 0 Å². The van der Waals surface area contributed by atoms with E-state index in [0.29, 0.717) is 18.2 Å². The Bertz CT molecular complexity index is 653. The number of nitrogens with two attached hydrogens (primary N) is 1. The fraction of sp³-hybridized carbons (Fsp3) is 0.636. The summed E-state index contributed by atoms with van der Waals surface area (Å²) in [5.74, 6) is -0.289. The summed E-state index contributed by atoms with van der Waals surface area (Å²) in [6.45, 7) is 2.15. The molecule has 1 amide bonds. The van der Waals surface area contributed by atoms with Gasteiger partial charge < -0.3 is 5.73 Å². The molecule has 8 nitrogen and oxygen atoms in total. The third-order valence-electron chi connectivity index (χ3n) is 4.09. The summed E-state index contributed by atoms with van der Waals surface area (Å²) in [6.07, 6.45) is 2.90. The van der Waals surface area contributed by atoms with Crippen LogP contribution < -0.4 is 10.5 Å². The number of rotatable bonds is 4. The van der Waals surface area contributed by atoms with Crippen LogP contribution in [0.5, 0.6) is 0 Å². The largest absolute Gasteiger partial charge is 0.365 e. The number of fused-ring (bicyclic) bond motifs is 2. The summed E-state index contributed by atoms with van der Waals surface area (Å²) < 4.78 is 28.6. The van der Waals surface area contributed by atoms with Gasteiger partial charge in [0.2, 0.25) is 0 Å². The van der Waals surface area contributed by atoms with Crippen LogP contribution in [0.2, 0.25) is 0 Å². The first-order valence-corrected chi connectivity index (χ1v) is 7.97. The lowest BCUT2D eigenvalue weighted by atomic mass is 10.1. The molecule has 4 N–H and O–H groups in total. The number of amides is 1. The molecule has 2 aliphatic rings. The first-order chi connectivity index (χ1) is 9.38. The van der Waals surface area contributed by atoms with Crippen LogP contribution in [-0.2, 0) is 10.2 Å². The molecule has 2 atom stereocenters. The number of piperidine rings is 1. The van der Waals surface area contributed by atoms with Crippen molar-refractivity contribution < 1.29 is 13.2 Å². The highest BCUT2D eigenvalue weighted by molar-refractivity contribution is 7.90. The van der Waals surface area contributed by atoms with Gasteiger partial charge in [-0.05, 0) is 32.1 Å². The first-order valence-electron chi connectivity index (χ1n) is 6.53. The fourth-order valence-corrected chi connectivity index (χ4v) is 4.66. The minimum absolute atomic E-state index is 0.0298. The van der Waals surface area contributed by atoms with Gasteiger partial charge in [-0.3, -0.25) is 14.6 Å². The second-order valence-electron chi connectivity index (χ2n) is 5.45. The molecule has 0 unspecified atom stereocenters. The molecule has 3 rings (SSSR count). The molecule has 0 radical (unpaired) electrons. The second kappa shape index (κ2) is 4.45. The number of nitrogens with zero attached hydrogens (tertiary/aromatic N) is 2. The third-order valence-corrected chi connectivity index (χ3v) is 5.60. The van der Waals surface area contributed by atoms with E-state index in [-0.39, 0.29) is 17.4 Å². The Morgan fingerprint density at radius 3 is 2.80 bits per heavy atom. The smallest absolute Gasteiger partial charge is 0.303 e. The fourth-order valence-electron chi connectivity index (χ4n) is 3.16. The Morgan fingerprint density at radius 1 is 1.50 bits per heavy atom. The van der Waals surface area contributed by atoms with E-state index in [9.17, 15) is 13.2 Å². The quantitative estimate of drug-likeness (QED) is 0.722. The number of carbonyl (C=O) groups excluding carboxylic acids is 1. The number of aryl methyl sites for hydroxylation is 1. The van der Waals surface area contributed by atoms with Crippen LogP contribution in [0.25, 0.3) is 0 Å². The standard InChI is InChI=1S/C11H17N5O3S/c1-6-9(10(12)17)11(14-13-6)15-20(18,19)16-5-7-2-3-8(16)4-7/h7-8H,2-5H2,1H3,(H2,12,17)(H2,13,14,15)/t7-,8-/m0/s1. The number of hydrogen-bond donors (Lipinski definition) is 3. The Kier molecular flexibility index (Phi) is 2.98. The molecule has 20 heavy (non-hydrogen) atoms. The van der Waals surface area contributed by atoms with Gasteiger partial charge in [0.25, 0.3) is 5.91 Å². The molecule has 1 saturated heterocycles. The van der Waals surface area contributed by atoms with E-state index >= 15 is 0 Å². The summed E-state index contributed by atoms with van der Waals surface area (Å²) >= 11 is 0. The average Bonchev–Trinajstić information content (AvgIpc) is 3.04. The van der Waals surface area contributed by atoms with Crippen molar-refractivity contribution in [2.45, 2.75) is 32.2 Å². The van der Waals surface area contributed by atoms with E-state index in [1.807, 2.05) is 0 Å². The Hall–Kier alpha value is -1.61. The van der Waals surface area contributed by atoms with Crippen molar-refractivity contribution in [3.8, 4) is 0 Å². The number of carbonyl (C=O) groups is 1. The molecule has 1 saturated carbocycles. The zero-order chi connectivity index (χ0) is 14.5. The summed E-state index contributed by atoms with van der Waals surface area (Å²) in [5, 5.41) is 6.38. The highest BCUT2D eigenvalue weighted by Crippen LogP contribution is 2.39. The van der Waals surface area contributed by atoms with Gasteiger partial charge in [0.15, 0.2) is 5.82 Å². The minimum Gasteiger partial charge on any atom is -0.365 e. The third kappa shape index (κ3) is 2.06. The minimum atomic E-state index is -3.69. The number of primary amides is 1. The molecule has 0 aromatic carbocycles. The monoisotopic (exact) mass is 299 g/mol. The van der Waals surface area contributed by atoms with E-state index in [1.54, 1.807) is 6.92 Å². The molecule has 2 fully saturated rings. The van der Waals surface area contributed by atoms with Crippen molar-refractivity contribution >= 4 is 21.9 Å². The van der Waals surface area contributed by atoms with Gasteiger partial charge in [-0.25, -0.2) is 0 Å². The van der Waals surface area contributed by atoms with Crippen LogP contribution in [0.4, 0.5) is 5.82 Å². The van der Waals surface area contributed by atoms with E-state index < -0.39 is 16.1 Å². The normalized spacial score (nSPS) is 26.1. The van der Waals surface area contributed by atoms with Crippen molar-refractivity contribution in [1.29, 1.82) is 0 Å². The van der Waals surface area contributed by atoms with Gasteiger partial charge in [-0.1, -0.05) is 0 Å². The number of aromatic nitrogens is 2. The number of anilines is 1. The van der Waals surface area contributed by atoms with E-state index in [1.165, 1.54) is 4.31 Å². The molecule has 1 aromatic heterocycles. The van der Waals surface area contributed by atoms with Crippen LogP contribution in [0.3, 0.4) is 0 Å². The first kappa shape index (κ1) is 13.4. The molecule has 110 valence electrons. The molecule has 2 heterocycles. The van der Waals surface area contributed by atoms with Crippen LogP contribution in [-0.4, -0.2) is 41.4 Å². The van der Waals surface area contributed by atoms with E-state index in [0.717, 1.165) is 19.3 Å². The maximum absolute atomic E-state index is 12.4. The second-order valence-corrected chi connectivity index (χ2v) is 7.07. The number of aromatic amines is 1. The van der Waals surface area contributed by atoms with E-state index in [4.69, 9.17) is 5.73 Å². The maximum Gasteiger partial charge on any atom is 0.303 e. The molecule has 0 spiro atoms. The Labute approximate surface area is 116 Å². The predicted octanol–water partition coefficient (Wildman–Crippen LogP) is -0.0420. The molecular formula is C11H17N5O3S. The average molecular weight is 299 g/mol. The van der Waals surface area contributed by atoms with Crippen molar-refractivity contribution in [2.24, 2.45) is 11.7 Å². The Morgan fingerprint density at radius 2 is 2.25 bits per heavy atom. The molecule has 1 aliphatic heterocycles. The maximum atomic E-state index is 12.4. The summed E-state index contributed by atoms with van der Waals surface area (Å²) in [5.41, 5.74) is 5.77. The number of hydrogen-bond acceptors (Lipinski definition) is 4. The predicted molar refractivity (Wildman–Crippen MR) is 72.2 cm³/mol. The molecule has 9 heteroatoms. The number of nitrogens with one attached hydrogen (secondary N) is 2. The lowest BCUT2D eigenvalue weighted by Crippen LogP contribution is -2.41. The Balaban J connectivity index is 1.86. The number of H-pyrrole nitrogens is 1. The lowest BCUT2D eigenvalue weighted by Gasteiger charge is -2.26. The van der Waals surface area contributed by atoms with Crippen LogP contribution >= 0.6 is 0 Å². The van der Waals surface area contributed by atoms with Gasteiger partial charge in [-0.2, -0.15) is 17.8 Å². The van der Waals surface area contributed by atoms with Gasteiger partial charge in [0.05, 0.1) is 0 Å². The van der Waals surface area contributed by atoms with Gasteiger partial charge in [0, 0.05) is 18.3 Å². The van der Waals surface area contributed by atoms with Gasteiger partial charge in [0.1, 0.15) is 5.56 Å². The molecular weight excluding hydrogens is 282 g/mol. The summed E-state index contributed by atoms with van der Waals surface area (Å²) in [6, 6.07) is 0.0644. The zero-order valence-corrected chi connectivity index (χ0v) is 11.9. The lowest BCUT2D eigenvalue weighted by molar-refractivity contribution is 0.100. The SMILES string of the molecule is Cc1[nH]nc(NS(=O)(=O)N2C[C@H]3CC[C@H]2C3)c1C(N)=O. The summed E-state index contributed by atoms with van der Waals surface area (Å²) in [7, 11) is -3.69. The van der Waals surface area contributed by atoms with Crippen LogP contribution in [0, 0.1) is 12.8 Å². The molecule has 1 aromatic rings. The van der Waals surface area contributed by atoms with E-state index in [2.05, 4.69) is 14.9 Å². The topological polar surface area (TPSA) is 121 Å². The van der Waals surface area contributed by atoms with Crippen molar-refractivity contribution in [2.75, 3.05) is 11.3 Å². The molecule has 1 aliphatic carbocycles. The summed E-state index contributed by atoms with van der Waals surface area (Å²) in [4.78, 5) is 11.4. The van der Waals surface area contributed by atoms with Crippen molar-refractivity contribution in [1.82, 2.24) is 14.5 Å². The van der Waals surface area contributed by atoms with Gasteiger partial charge >= 0.3 is 10.2 Å².